The summed E-state index contributed by atoms with van der Waals surface area (Å²) in [7, 11) is 0. The van der Waals surface area contributed by atoms with Crippen molar-refractivity contribution in [2.75, 3.05) is 0 Å². The predicted octanol–water partition coefficient (Wildman–Crippen LogP) is 4.97. The quantitative estimate of drug-likeness (QED) is 0.516. The monoisotopic (exact) mass is 375 g/mol. The Kier molecular flexibility index (Phi) is 4.86. The van der Waals surface area contributed by atoms with Crippen LogP contribution in [0.5, 0.6) is 0 Å². The first-order valence-corrected chi connectivity index (χ1v) is 9.75. The van der Waals surface area contributed by atoms with Crippen molar-refractivity contribution < 1.29 is 4.52 Å². The van der Waals surface area contributed by atoms with Crippen LogP contribution in [0.25, 0.3) is 22.6 Å². The molecule has 1 N–H and O–H groups in total. The van der Waals surface area contributed by atoms with Gasteiger partial charge in [-0.1, -0.05) is 49.3 Å². The molecule has 1 atom stereocenters. The third-order valence-corrected chi connectivity index (χ3v) is 5.10. The molecule has 0 aliphatic carbocycles. The number of benzene rings is 1. The zero-order valence-corrected chi connectivity index (χ0v) is 16.7. The Morgan fingerprint density at radius 1 is 1.11 bits per heavy atom. The van der Waals surface area contributed by atoms with Gasteiger partial charge in [-0.15, -0.1) is 0 Å². The summed E-state index contributed by atoms with van der Waals surface area (Å²) in [6, 6.07) is 12.2. The van der Waals surface area contributed by atoms with Gasteiger partial charge in [0.15, 0.2) is 5.76 Å². The number of nitrogens with zero attached hydrogens (tertiary/aromatic N) is 4. The lowest BCUT2D eigenvalue weighted by Crippen LogP contribution is -2.07. The van der Waals surface area contributed by atoms with Crippen LogP contribution in [-0.2, 0) is 12.8 Å². The van der Waals surface area contributed by atoms with E-state index in [0.717, 1.165) is 58.5 Å². The molecule has 1 aromatic carbocycles. The number of aromatic amines is 1. The van der Waals surface area contributed by atoms with Gasteiger partial charge in [0, 0.05) is 23.7 Å². The Morgan fingerprint density at radius 2 is 1.89 bits per heavy atom. The topological polar surface area (TPSA) is 72.5 Å². The molecule has 0 unspecified atom stereocenters. The van der Waals surface area contributed by atoms with Crippen molar-refractivity contribution in [3.8, 4) is 22.6 Å². The van der Waals surface area contributed by atoms with Crippen LogP contribution in [0.1, 0.15) is 49.8 Å². The highest BCUT2D eigenvalue weighted by Crippen LogP contribution is 2.35. The summed E-state index contributed by atoms with van der Waals surface area (Å²) in [4.78, 5) is 13.0. The van der Waals surface area contributed by atoms with Gasteiger partial charge in [0.25, 0.3) is 0 Å². The minimum Gasteiger partial charge on any atom is -0.359 e. The Labute approximate surface area is 164 Å². The van der Waals surface area contributed by atoms with Gasteiger partial charge in [-0.2, -0.15) is 0 Å². The number of hydrogen-bond acceptors (Lipinski definition) is 4. The average Bonchev–Trinajstić information content (AvgIpc) is 3.45. The Hall–Kier alpha value is -3.15. The number of nitrogens with one attached hydrogen (secondary N) is 1. The maximum absolute atomic E-state index is 5.61. The van der Waals surface area contributed by atoms with Gasteiger partial charge in [0.05, 0.1) is 29.5 Å². The first-order valence-electron chi connectivity index (χ1n) is 9.75. The number of aryl methyl sites for hydroxylation is 3. The van der Waals surface area contributed by atoms with Gasteiger partial charge < -0.3 is 14.1 Å². The summed E-state index contributed by atoms with van der Waals surface area (Å²) in [6.45, 7) is 8.33. The molecule has 4 rings (SSSR count). The molecule has 0 radical (unpaired) electrons. The number of H-pyrrole nitrogens is 1. The highest BCUT2D eigenvalue weighted by molar-refractivity contribution is 5.78. The zero-order chi connectivity index (χ0) is 19.7. The second kappa shape index (κ2) is 7.46. The van der Waals surface area contributed by atoms with Crippen LogP contribution >= 0.6 is 0 Å². The second-order valence-electron chi connectivity index (χ2n) is 6.98. The molecule has 0 fully saturated rings. The van der Waals surface area contributed by atoms with Crippen molar-refractivity contribution in [2.45, 2.75) is 46.6 Å². The number of hydrogen-bond donors (Lipinski definition) is 1. The highest BCUT2D eigenvalue weighted by atomic mass is 16.5. The van der Waals surface area contributed by atoms with E-state index in [1.165, 1.54) is 0 Å². The summed E-state index contributed by atoms with van der Waals surface area (Å²) >= 11 is 0. The molecule has 28 heavy (non-hydrogen) atoms. The fourth-order valence-electron chi connectivity index (χ4n) is 3.45. The Morgan fingerprint density at radius 3 is 2.54 bits per heavy atom. The van der Waals surface area contributed by atoms with Crippen LogP contribution in [0.4, 0.5) is 0 Å². The molecule has 0 aliphatic rings. The van der Waals surface area contributed by atoms with Crippen molar-refractivity contribution in [2.24, 2.45) is 0 Å². The average molecular weight is 375 g/mol. The van der Waals surface area contributed by atoms with E-state index in [4.69, 9.17) is 14.5 Å². The Balaban J connectivity index is 1.89. The minimum atomic E-state index is -0.0473. The van der Waals surface area contributed by atoms with Crippen molar-refractivity contribution >= 4 is 0 Å². The van der Waals surface area contributed by atoms with Crippen molar-refractivity contribution in [1.29, 1.82) is 0 Å². The van der Waals surface area contributed by atoms with Crippen LogP contribution in [-0.4, -0.2) is 24.7 Å². The van der Waals surface area contributed by atoms with Crippen LogP contribution in [0, 0.1) is 6.92 Å². The molecule has 3 aromatic heterocycles. The van der Waals surface area contributed by atoms with Gasteiger partial charge in [-0.3, -0.25) is 0 Å². The third-order valence-electron chi connectivity index (χ3n) is 5.10. The van der Waals surface area contributed by atoms with E-state index in [9.17, 15) is 0 Å². The maximum Gasteiger partial charge on any atom is 0.159 e. The number of aromatic nitrogens is 5. The van der Waals surface area contributed by atoms with E-state index in [1.54, 1.807) is 0 Å². The molecular formula is C22H25N5O. The summed E-state index contributed by atoms with van der Waals surface area (Å²) < 4.78 is 7.74. The fourth-order valence-corrected chi connectivity index (χ4v) is 3.45. The van der Waals surface area contributed by atoms with Crippen molar-refractivity contribution in [1.82, 2.24) is 24.7 Å². The molecule has 4 aromatic rings. The summed E-state index contributed by atoms with van der Waals surface area (Å²) in [5.74, 6) is 1.79. The molecule has 144 valence electrons. The molecule has 0 amide bonds. The minimum absolute atomic E-state index is 0.0473. The summed E-state index contributed by atoms with van der Waals surface area (Å²) in [6.07, 6.45) is 3.57. The van der Waals surface area contributed by atoms with E-state index in [1.807, 2.05) is 30.6 Å². The molecule has 0 aliphatic heterocycles. The fraction of sp³-hybridized carbons (Fsp3) is 0.318. The zero-order valence-electron chi connectivity index (χ0n) is 16.7. The van der Waals surface area contributed by atoms with E-state index in [0.29, 0.717) is 0 Å². The van der Waals surface area contributed by atoms with E-state index in [2.05, 4.69) is 54.5 Å². The highest BCUT2D eigenvalue weighted by Gasteiger charge is 2.24. The smallest absolute Gasteiger partial charge is 0.159 e. The molecule has 0 bridgehead atoms. The van der Waals surface area contributed by atoms with E-state index in [-0.39, 0.29) is 6.04 Å². The van der Waals surface area contributed by atoms with E-state index < -0.39 is 0 Å². The van der Waals surface area contributed by atoms with Crippen LogP contribution in [0.2, 0.25) is 0 Å². The molecule has 0 saturated heterocycles. The van der Waals surface area contributed by atoms with Gasteiger partial charge >= 0.3 is 0 Å². The molecule has 3 heterocycles. The first kappa shape index (κ1) is 18.2. The predicted molar refractivity (Wildman–Crippen MR) is 109 cm³/mol. The SMILES string of the molecule is CCc1cc([C@H](C)n2cnc(-c3ccccc3)c2-c2nc(CC)[nH]c2C)on1. The summed E-state index contributed by atoms with van der Waals surface area (Å²) in [5.41, 5.74) is 5.89. The lowest BCUT2D eigenvalue weighted by atomic mass is 10.1. The van der Waals surface area contributed by atoms with Crippen LogP contribution in [0.15, 0.2) is 47.2 Å². The van der Waals surface area contributed by atoms with Gasteiger partial charge in [0.1, 0.15) is 11.5 Å². The van der Waals surface area contributed by atoms with Gasteiger partial charge in [0.2, 0.25) is 0 Å². The number of rotatable bonds is 6. The van der Waals surface area contributed by atoms with Gasteiger partial charge in [-0.05, 0) is 20.3 Å². The van der Waals surface area contributed by atoms with Crippen molar-refractivity contribution in [3.05, 3.63) is 65.7 Å². The maximum atomic E-state index is 5.61. The normalized spacial score (nSPS) is 12.4. The van der Waals surface area contributed by atoms with Crippen molar-refractivity contribution in [3.63, 3.8) is 0 Å². The van der Waals surface area contributed by atoms with Crippen LogP contribution < -0.4 is 0 Å². The third kappa shape index (κ3) is 3.15. The molecule has 0 saturated carbocycles. The van der Waals surface area contributed by atoms with Crippen LogP contribution in [0.3, 0.4) is 0 Å². The van der Waals surface area contributed by atoms with Gasteiger partial charge in [-0.25, -0.2) is 9.97 Å². The molecular weight excluding hydrogens is 350 g/mol. The molecule has 0 spiro atoms. The molecule has 6 nitrogen and oxygen atoms in total. The Bertz CT molecular complexity index is 1070. The second-order valence-corrected chi connectivity index (χ2v) is 6.98. The standard InChI is InChI=1S/C22H25N5O/c1-5-17-12-18(28-26-17)15(4)27-13-23-21(16-10-8-7-9-11-16)22(27)20-14(3)24-19(6-2)25-20/h7-13,15H,5-6H2,1-4H3,(H,24,25)/t15-/m0/s1. The lowest BCUT2D eigenvalue weighted by Gasteiger charge is -2.14. The summed E-state index contributed by atoms with van der Waals surface area (Å²) in [5, 5.41) is 4.15. The van der Waals surface area contributed by atoms with E-state index >= 15 is 0 Å². The first-order chi connectivity index (χ1) is 13.6. The largest absolute Gasteiger partial charge is 0.359 e. The lowest BCUT2D eigenvalue weighted by molar-refractivity contribution is 0.349. The molecule has 6 heteroatoms. The number of imidazole rings is 2.